The molecule has 0 spiro atoms. The molecule has 0 radical (unpaired) electrons. The van der Waals surface area contributed by atoms with Crippen LogP contribution < -0.4 is 4.90 Å². The van der Waals surface area contributed by atoms with Crippen molar-refractivity contribution in [3.05, 3.63) is 24.0 Å². The number of carbonyl (C=O) groups is 2. The van der Waals surface area contributed by atoms with E-state index in [1.54, 1.807) is 32.4 Å². The van der Waals surface area contributed by atoms with Gasteiger partial charge in [-0.25, -0.2) is 0 Å². The van der Waals surface area contributed by atoms with Gasteiger partial charge in [0.2, 0.25) is 0 Å². The van der Waals surface area contributed by atoms with Gasteiger partial charge in [-0.2, -0.15) is 0 Å². The predicted octanol–water partition coefficient (Wildman–Crippen LogP) is 0.783. The lowest BCUT2D eigenvalue weighted by atomic mass is 10.2. The van der Waals surface area contributed by atoms with Gasteiger partial charge in [0.25, 0.3) is 5.91 Å². The van der Waals surface area contributed by atoms with Crippen LogP contribution in [-0.4, -0.2) is 56.1 Å². The van der Waals surface area contributed by atoms with Crippen LogP contribution in [0.1, 0.15) is 17.4 Å². The maximum Gasteiger partial charge on any atom is 0.325 e. The molecule has 0 aromatic carbocycles. The molecule has 0 atom stereocenters. The van der Waals surface area contributed by atoms with E-state index < -0.39 is 0 Å². The molecule has 1 aromatic rings. The molecule has 0 unspecified atom stereocenters. The number of likely N-dealkylation sites (N-methyl/N-ethyl adjacent to an activating group) is 1. The van der Waals surface area contributed by atoms with E-state index in [1.165, 1.54) is 12.0 Å². The third-order valence-corrected chi connectivity index (χ3v) is 2.66. The zero-order valence-electron chi connectivity index (χ0n) is 11.7. The number of pyridine rings is 1. The van der Waals surface area contributed by atoms with Crippen molar-refractivity contribution >= 4 is 17.6 Å². The fraction of sp³-hybridized carbons (Fsp3) is 0.462. The first-order valence-corrected chi connectivity index (χ1v) is 5.99. The Bertz CT molecular complexity index is 460. The standard InChI is InChI=1S/C13H19N3O3/c1-5-16(9-12(17)19-4)10-6-7-14-11(8-10)13(18)15(2)3/h6-8H,5,9H2,1-4H3. The number of rotatable bonds is 5. The van der Waals surface area contributed by atoms with E-state index in [4.69, 9.17) is 0 Å². The van der Waals surface area contributed by atoms with E-state index in [0.717, 1.165) is 5.69 Å². The molecule has 0 saturated carbocycles. The number of hydrogen-bond donors (Lipinski definition) is 0. The van der Waals surface area contributed by atoms with E-state index in [2.05, 4.69) is 9.72 Å². The molecule has 0 fully saturated rings. The van der Waals surface area contributed by atoms with Gasteiger partial charge in [-0.15, -0.1) is 0 Å². The largest absolute Gasteiger partial charge is 0.468 e. The van der Waals surface area contributed by atoms with Crippen LogP contribution in [0.3, 0.4) is 0 Å². The molecule has 1 aromatic heterocycles. The number of ether oxygens (including phenoxy) is 1. The zero-order chi connectivity index (χ0) is 14.4. The Morgan fingerprint density at radius 3 is 2.58 bits per heavy atom. The minimum absolute atomic E-state index is 0.145. The Morgan fingerprint density at radius 2 is 2.05 bits per heavy atom. The first kappa shape index (κ1) is 14.9. The number of amides is 1. The summed E-state index contributed by atoms with van der Waals surface area (Å²) in [4.78, 5) is 30.5. The van der Waals surface area contributed by atoms with Gasteiger partial charge >= 0.3 is 5.97 Å². The molecule has 1 amide bonds. The highest BCUT2D eigenvalue weighted by atomic mass is 16.5. The average molecular weight is 265 g/mol. The maximum absolute atomic E-state index is 11.8. The van der Waals surface area contributed by atoms with Crippen LogP contribution in [-0.2, 0) is 9.53 Å². The highest BCUT2D eigenvalue weighted by Gasteiger charge is 2.14. The van der Waals surface area contributed by atoms with Crippen LogP contribution >= 0.6 is 0 Å². The lowest BCUT2D eigenvalue weighted by molar-refractivity contribution is -0.138. The Morgan fingerprint density at radius 1 is 1.37 bits per heavy atom. The van der Waals surface area contributed by atoms with E-state index >= 15 is 0 Å². The van der Waals surface area contributed by atoms with Gasteiger partial charge in [0.1, 0.15) is 12.2 Å². The first-order valence-electron chi connectivity index (χ1n) is 5.99. The lowest BCUT2D eigenvalue weighted by Gasteiger charge is -2.22. The monoisotopic (exact) mass is 265 g/mol. The van der Waals surface area contributed by atoms with Crippen LogP contribution in [0.4, 0.5) is 5.69 Å². The number of carbonyl (C=O) groups excluding carboxylic acids is 2. The Hall–Kier alpha value is -2.11. The fourth-order valence-electron chi connectivity index (χ4n) is 1.57. The van der Waals surface area contributed by atoms with Crippen LogP contribution in [0.2, 0.25) is 0 Å². The summed E-state index contributed by atoms with van der Waals surface area (Å²) in [6.45, 7) is 2.71. The topological polar surface area (TPSA) is 62.7 Å². The molecule has 6 nitrogen and oxygen atoms in total. The average Bonchev–Trinajstić information content (AvgIpc) is 2.43. The smallest absolute Gasteiger partial charge is 0.325 e. The number of nitrogens with zero attached hydrogens (tertiary/aromatic N) is 3. The van der Waals surface area contributed by atoms with E-state index in [9.17, 15) is 9.59 Å². The van der Waals surface area contributed by atoms with E-state index in [1.807, 2.05) is 11.8 Å². The third kappa shape index (κ3) is 3.94. The van der Waals surface area contributed by atoms with Crippen LogP contribution in [0.5, 0.6) is 0 Å². The van der Waals surface area contributed by atoms with Crippen LogP contribution in [0.25, 0.3) is 0 Å². The fourth-order valence-corrected chi connectivity index (χ4v) is 1.57. The number of methoxy groups -OCH3 is 1. The van der Waals surface area contributed by atoms with E-state index in [-0.39, 0.29) is 18.4 Å². The summed E-state index contributed by atoms with van der Waals surface area (Å²) in [7, 11) is 4.69. The molecule has 104 valence electrons. The molecule has 1 rings (SSSR count). The van der Waals surface area contributed by atoms with Gasteiger partial charge in [-0.3, -0.25) is 14.6 Å². The van der Waals surface area contributed by atoms with Gasteiger partial charge in [0.05, 0.1) is 7.11 Å². The first-order chi connectivity index (χ1) is 8.99. The highest BCUT2D eigenvalue weighted by Crippen LogP contribution is 2.15. The number of anilines is 1. The summed E-state index contributed by atoms with van der Waals surface area (Å²) < 4.78 is 4.65. The summed E-state index contributed by atoms with van der Waals surface area (Å²) in [6, 6.07) is 3.44. The Kier molecular flexibility index (Phi) is 5.29. The van der Waals surface area contributed by atoms with Crippen molar-refractivity contribution in [2.24, 2.45) is 0 Å². The van der Waals surface area contributed by atoms with Crippen molar-refractivity contribution in [3.8, 4) is 0 Å². The van der Waals surface area contributed by atoms with Gasteiger partial charge < -0.3 is 14.5 Å². The molecular weight excluding hydrogens is 246 g/mol. The Balaban J connectivity index is 2.96. The zero-order valence-corrected chi connectivity index (χ0v) is 11.7. The molecule has 19 heavy (non-hydrogen) atoms. The van der Waals surface area contributed by atoms with Crippen molar-refractivity contribution < 1.29 is 14.3 Å². The second kappa shape index (κ2) is 6.72. The summed E-state index contributed by atoms with van der Waals surface area (Å²) >= 11 is 0. The number of aromatic nitrogens is 1. The third-order valence-electron chi connectivity index (χ3n) is 2.66. The minimum atomic E-state index is -0.320. The van der Waals surface area contributed by atoms with Gasteiger partial charge in [0, 0.05) is 32.5 Å². The normalized spacial score (nSPS) is 9.89. The summed E-state index contributed by atoms with van der Waals surface area (Å²) in [5, 5.41) is 0. The van der Waals surface area contributed by atoms with Gasteiger partial charge in [-0.05, 0) is 19.1 Å². The highest BCUT2D eigenvalue weighted by molar-refractivity contribution is 5.93. The lowest BCUT2D eigenvalue weighted by Crippen LogP contribution is -2.31. The summed E-state index contributed by atoms with van der Waals surface area (Å²) in [5.74, 6) is -0.491. The second-order valence-electron chi connectivity index (χ2n) is 4.19. The van der Waals surface area contributed by atoms with E-state index in [0.29, 0.717) is 12.2 Å². The molecule has 0 saturated heterocycles. The van der Waals surface area contributed by atoms with Crippen molar-refractivity contribution in [2.45, 2.75) is 6.92 Å². The molecule has 0 aliphatic rings. The minimum Gasteiger partial charge on any atom is -0.468 e. The molecule has 0 aliphatic heterocycles. The second-order valence-corrected chi connectivity index (χ2v) is 4.19. The molecule has 1 heterocycles. The van der Waals surface area contributed by atoms with Gasteiger partial charge in [0.15, 0.2) is 0 Å². The molecule has 6 heteroatoms. The van der Waals surface area contributed by atoms with Crippen molar-refractivity contribution in [1.82, 2.24) is 9.88 Å². The van der Waals surface area contributed by atoms with Crippen molar-refractivity contribution in [2.75, 3.05) is 39.2 Å². The molecule has 0 N–H and O–H groups in total. The molecule has 0 aliphatic carbocycles. The van der Waals surface area contributed by atoms with Crippen LogP contribution in [0, 0.1) is 0 Å². The SMILES string of the molecule is CCN(CC(=O)OC)c1ccnc(C(=O)N(C)C)c1. The summed E-state index contributed by atoms with van der Waals surface area (Å²) in [6.07, 6.45) is 1.56. The predicted molar refractivity (Wildman–Crippen MR) is 72.2 cm³/mol. The maximum atomic E-state index is 11.8. The molecular formula is C13H19N3O3. The quantitative estimate of drug-likeness (QED) is 0.736. The van der Waals surface area contributed by atoms with Crippen molar-refractivity contribution in [3.63, 3.8) is 0 Å². The number of hydrogen-bond acceptors (Lipinski definition) is 5. The van der Waals surface area contributed by atoms with Crippen LogP contribution in [0.15, 0.2) is 18.3 Å². The number of esters is 1. The summed E-state index contributed by atoms with van der Waals surface area (Å²) in [5.41, 5.74) is 1.12. The van der Waals surface area contributed by atoms with Crippen molar-refractivity contribution in [1.29, 1.82) is 0 Å². The molecule has 0 bridgehead atoms. The van der Waals surface area contributed by atoms with Gasteiger partial charge in [-0.1, -0.05) is 0 Å². The Labute approximate surface area is 113 Å².